The molecule has 2 aromatic carbocycles. The molecule has 3 rings (SSSR count). The summed E-state index contributed by atoms with van der Waals surface area (Å²) in [5.74, 6) is 1.20. The van der Waals surface area contributed by atoms with Crippen molar-refractivity contribution in [3.63, 3.8) is 0 Å². The molecule has 0 aliphatic rings. The van der Waals surface area contributed by atoms with Crippen molar-refractivity contribution in [3.8, 4) is 0 Å². The van der Waals surface area contributed by atoms with E-state index in [9.17, 15) is 9.32 Å². The number of benzene rings is 2. The van der Waals surface area contributed by atoms with Crippen molar-refractivity contribution in [3.05, 3.63) is 54.6 Å². The van der Waals surface area contributed by atoms with Crippen molar-refractivity contribution in [2.24, 2.45) is 0 Å². The van der Waals surface area contributed by atoms with Gasteiger partial charge >= 0.3 is 0 Å². The first-order valence-corrected chi connectivity index (χ1v) is 9.27. The SMILES string of the molecule is C[C@@H](O)CNc1nc2ccccc2n1CC[S@](=O)c1ccccc1. The van der Waals surface area contributed by atoms with Gasteiger partial charge in [-0.1, -0.05) is 30.3 Å². The molecule has 24 heavy (non-hydrogen) atoms. The summed E-state index contributed by atoms with van der Waals surface area (Å²) < 4.78 is 14.5. The van der Waals surface area contributed by atoms with Gasteiger partial charge in [0.05, 0.1) is 27.9 Å². The molecule has 0 amide bonds. The summed E-state index contributed by atoms with van der Waals surface area (Å²) >= 11 is 0. The van der Waals surface area contributed by atoms with Gasteiger partial charge in [-0.3, -0.25) is 4.21 Å². The molecule has 2 atom stereocenters. The quantitative estimate of drug-likeness (QED) is 0.692. The lowest BCUT2D eigenvalue weighted by Crippen LogP contribution is -2.19. The van der Waals surface area contributed by atoms with Crippen LogP contribution in [0.3, 0.4) is 0 Å². The van der Waals surface area contributed by atoms with Crippen molar-refractivity contribution >= 4 is 27.8 Å². The maximum absolute atomic E-state index is 12.5. The van der Waals surface area contributed by atoms with Gasteiger partial charge in [0.2, 0.25) is 5.95 Å². The fourth-order valence-corrected chi connectivity index (χ4v) is 3.58. The largest absolute Gasteiger partial charge is 0.392 e. The van der Waals surface area contributed by atoms with Crippen molar-refractivity contribution in [2.75, 3.05) is 17.6 Å². The van der Waals surface area contributed by atoms with E-state index in [-0.39, 0.29) is 0 Å². The van der Waals surface area contributed by atoms with Crippen LogP contribution in [-0.2, 0) is 17.3 Å². The maximum atomic E-state index is 12.5. The molecule has 2 N–H and O–H groups in total. The fourth-order valence-electron chi connectivity index (χ4n) is 2.54. The van der Waals surface area contributed by atoms with Crippen LogP contribution in [0.1, 0.15) is 6.92 Å². The average Bonchev–Trinajstić information content (AvgIpc) is 2.96. The Balaban J connectivity index is 1.81. The van der Waals surface area contributed by atoms with Gasteiger partial charge < -0.3 is 15.0 Å². The molecule has 0 fully saturated rings. The van der Waals surface area contributed by atoms with Gasteiger partial charge in [0, 0.05) is 23.7 Å². The lowest BCUT2D eigenvalue weighted by atomic mass is 10.3. The minimum atomic E-state index is -1.06. The number of aromatic nitrogens is 2. The Kier molecular flexibility index (Phi) is 5.27. The van der Waals surface area contributed by atoms with Gasteiger partial charge in [-0.2, -0.15) is 0 Å². The zero-order chi connectivity index (χ0) is 16.9. The first-order valence-electron chi connectivity index (χ1n) is 7.96. The number of hydrogen-bond acceptors (Lipinski definition) is 4. The van der Waals surface area contributed by atoms with E-state index < -0.39 is 16.9 Å². The number of anilines is 1. The highest BCUT2D eigenvalue weighted by molar-refractivity contribution is 7.85. The lowest BCUT2D eigenvalue weighted by Gasteiger charge is -2.12. The van der Waals surface area contributed by atoms with Crippen LogP contribution in [0, 0.1) is 0 Å². The summed E-state index contributed by atoms with van der Waals surface area (Å²) in [6.45, 7) is 2.74. The fraction of sp³-hybridized carbons (Fsp3) is 0.278. The van der Waals surface area contributed by atoms with Crippen LogP contribution in [0.2, 0.25) is 0 Å². The molecule has 0 saturated carbocycles. The summed E-state index contributed by atoms with van der Waals surface area (Å²) in [7, 11) is -1.06. The topological polar surface area (TPSA) is 67.2 Å². The minimum Gasteiger partial charge on any atom is -0.392 e. The number of aryl methyl sites for hydroxylation is 1. The third kappa shape index (κ3) is 3.83. The second-order valence-corrected chi connectivity index (χ2v) is 7.24. The molecule has 5 nitrogen and oxygen atoms in total. The maximum Gasteiger partial charge on any atom is 0.204 e. The molecule has 0 bridgehead atoms. The summed E-state index contributed by atoms with van der Waals surface area (Å²) in [6.07, 6.45) is -0.461. The van der Waals surface area contributed by atoms with E-state index in [0.29, 0.717) is 24.8 Å². The Hall–Kier alpha value is -2.18. The Bertz CT molecular complexity index is 831. The molecule has 0 radical (unpaired) electrons. The number of aliphatic hydroxyl groups is 1. The molecule has 0 spiro atoms. The smallest absolute Gasteiger partial charge is 0.204 e. The van der Waals surface area contributed by atoms with Crippen LogP contribution >= 0.6 is 0 Å². The van der Waals surface area contributed by atoms with Gasteiger partial charge in [0.15, 0.2) is 0 Å². The average molecular weight is 343 g/mol. The van der Waals surface area contributed by atoms with E-state index in [4.69, 9.17) is 0 Å². The minimum absolute atomic E-state index is 0.422. The van der Waals surface area contributed by atoms with Crippen LogP contribution in [0.15, 0.2) is 59.5 Å². The highest BCUT2D eigenvalue weighted by Gasteiger charge is 2.12. The molecule has 6 heteroatoms. The van der Waals surface area contributed by atoms with Crippen molar-refractivity contribution in [1.29, 1.82) is 0 Å². The summed E-state index contributed by atoms with van der Waals surface area (Å²) in [4.78, 5) is 5.41. The predicted octanol–water partition coefficient (Wildman–Crippen LogP) is 2.64. The van der Waals surface area contributed by atoms with E-state index in [2.05, 4.69) is 10.3 Å². The van der Waals surface area contributed by atoms with Crippen molar-refractivity contribution < 1.29 is 9.32 Å². The Morgan fingerprint density at radius 2 is 1.88 bits per heavy atom. The van der Waals surface area contributed by atoms with E-state index in [0.717, 1.165) is 15.9 Å². The van der Waals surface area contributed by atoms with Gasteiger partial charge in [-0.25, -0.2) is 4.98 Å². The predicted molar refractivity (Wildman–Crippen MR) is 97.6 cm³/mol. The van der Waals surface area contributed by atoms with Crippen LogP contribution in [0.5, 0.6) is 0 Å². The van der Waals surface area contributed by atoms with E-state index >= 15 is 0 Å². The van der Waals surface area contributed by atoms with Crippen LogP contribution in [0.25, 0.3) is 11.0 Å². The number of nitrogens with zero attached hydrogens (tertiary/aromatic N) is 2. The van der Waals surface area contributed by atoms with Crippen molar-refractivity contribution in [1.82, 2.24) is 9.55 Å². The molecule has 1 heterocycles. The molecule has 3 aromatic rings. The molecular weight excluding hydrogens is 322 g/mol. The van der Waals surface area contributed by atoms with Crippen LogP contribution in [-0.4, -0.2) is 37.3 Å². The number of hydrogen-bond donors (Lipinski definition) is 2. The third-order valence-corrected chi connectivity index (χ3v) is 5.07. The molecular formula is C18H21N3O2S. The number of para-hydroxylation sites is 2. The highest BCUT2D eigenvalue weighted by Crippen LogP contribution is 2.20. The second kappa shape index (κ2) is 7.59. The second-order valence-electron chi connectivity index (χ2n) is 5.67. The van der Waals surface area contributed by atoms with Crippen LogP contribution < -0.4 is 5.32 Å². The van der Waals surface area contributed by atoms with Gasteiger partial charge in [0.1, 0.15) is 0 Å². The van der Waals surface area contributed by atoms with E-state index in [1.165, 1.54) is 0 Å². The molecule has 0 saturated heterocycles. The first-order chi connectivity index (χ1) is 11.6. The molecule has 126 valence electrons. The zero-order valence-corrected chi connectivity index (χ0v) is 14.4. The number of nitrogens with one attached hydrogen (secondary N) is 1. The Labute approximate surface area is 143 Å². The Morgan fingerprint density at radius 3 is 2.62 bits per heavy atom. The van der Waals surface area contributed by atoms with E-state index in [1.54, 1.807) is 6.92 Å². The summed E-state index contributed by atoms with van der Waals surface area (Å²) in [5, 5.41) is 12.7. The van der Waals surface area contributed by atoms with Crippen molar-refractivity contribution in [2.45, 2.75) is 24.5 Å². The highest BCUT2D eigenvalue weighted by atomic mass is 32.2. The standard InChI is InChI=1S/C18H21N3O2S/c1-14(22)13-19-18-20-16-9-5-6-10-17(16)21(18)11-12-24(23)15-7-3-2-4-8-15/h2-10,14,22H,11-13H2,1H3,(H,19,20)/t14-,24+/m1/s1. The zero-order valence-electron chi connectivity index (χ0n) is 13.6. The van der Waals surface area contributed by atoms with Crippen LogP contribution in [0.4, 0.5) is 5.95 Å². The lowest BCUT2D eigenvalue weighted by molar-refractivity contribution is 0.208. The molecule has 0 unspecified atom stereocenters. The number of rotatable bonds is 7. The Morgan fingerprint density at radius 1 is 1.17 bits per heavy atom. The summed E-state index contributed by atoms with van der Waals surface area (Å²) in [6, 6.07) is 17.3. The molecule has 1 aromatic heterocycles. The third-order valence-electron chi connectivity index (χ3n) is 3.72. The number of imidazole rings is 1. The number of aliphatic hydroxyl groups excluding tert-OH is 1. The van der Waals surface area contributed by atoms with Gasteiger partial charge in [0.25, 0.3) is 0 Å². The monoisotopic (exact) mass is 343 g/mol. The number of fused-ring (bicyclic) bond motifs is 1. The first kappa shape index (κ1) is 16.7. The summed E-state index contributed by atoms with van der Waals surface area (Å²) in [5.41, 5.74) is 1.88. The van der Waals surface area contributed by atoms with Gasteiger partial charge in [-0.05, 0) is 31.2 Å². The van der Waals surface area contributed by atoms with E-state index in [1.807, 2.05) is 59.2 Å². The molecule has 0 aliphatic heterocycles. The molecule has 0 aliphatic carbocycles. The normalized spacial score (nSPS) is 13.8. The van der Waals surface area contributed by atoms with Gasteiger partial charge in [-0.15, -0.1) is 0 Å².